The van der Waals surface area contributed by atoms with Gasteiger partial charge in [0.15, 0.2) is 5.69 Å². The van der Waals surface area contributed by atoms with Gasteiger partial charge in [-0.05, 0) is 51.1 Å². The highest BCUT2D eigenvalue weighted by molar-refractivity contribution is 5.67. The first-order valence-corrected chi connectivity index (χ1v) is 7.34. The number of halogens is 4. The van der Waals surface area contributed by atoms with Gasteiger partial charge in [0, 0.05) is 0 Å². The van der Waals surface area contributed by atoms with Gasteiger partial charge in [0.2, 0.25) is 0 Å². The first-order valence-electron chi connectivity index (χ1n) is 7.34. The summed E-state index contributed by atoms with van der Waals surface area (Å²) in [4.78, 5) is 11.7. The van der Waals surface area contributed by atoms with Crippen molar-refractivity contribution in [3.63, 3.8) is 0 Å². The topological polar surface area (TPSA) is 56.1 Å². The molecule has 1 heterocycles. The number of alkyl carbamates (subject to hydrolysis) is 1. The zero-order chi connectivity index (χ0) is 18.8. The normalized spacial score (nSPS) is 12.1. The summed E-state index contributed by atoms with van der Waals surface area (Å²) in [5.74, 6) is -0.527. The molecule has 1 amide bonds. The van der Waals surface area contributed by atoms with Crippen molar-refractivity contribution in [2.24, 2.45) is 0 Å². The van der Waals surface area contributed by atoms with E-state index in [0.29, 0.717) is 0 Å². The van der Waals surface area contributed by atoms with E-state index in [0.717, 1.165) is 22.9 Å². The van der Waals surface area contributed by atoms with Crippen molar-refractivity contribution < 1.29 is 27.1 Å². The summed E-state index contributed by atoms with van der Waals surface area (Å²) in [6, 6.07) is 5.62. The van der Waals surface area contributed by atoms with Crippen molar-refractivity contribution in [1.82, 2.24) is 15.1 Å². The predicted octanol–water partition coefficient (Wildman–Crippen LogP) is 4.05. The summed E-state index contributed by atoms with van der Waals surface area (Å²) in [6.07, 6.45) is -5.42. The van der Waals surface area contributed by atoms with Crippen LogP contribution < -0.4 is 5.32 Å². The number of carbonyl (C=O) groups is 1. The van der Waals surface area contributed by atoms with E-state index < -0.39 is 29.4 Å². The van der Waals surface area contributed by atoms with Crippen LogP contribution in [0.4, 0.5) is 22.4 Å². The molecule has 5 nitrogen and oxygen atoms in total. The van der Waals surface area contributed by atoms with Crippen LogP contribution in [-0.4, -0.2) is 21.5 Å². The Morgan fingerprint density at radius 1 is 1.20 bits per heavy atom. The molecule has 136 valence electrons. The molecule has 1 N–H and O–H groups in total. The third-order valence-corrected chi connectivity index (χ3v) is 2.96. The third kappa shape index (κ3) is 5.20. The van der Waals surface area contributed by atoms with Gasteiger partial charge in [-0.25, -0.2) is 13.9 Å². The smallest absolute Gasteiger partial charge is 0.435 e. The zero-order valence-corrected chi connectivity index (χ0v) is 13.8. The second-order valence-electron chi connectivity index (χ2n) is 6.26. The highest BCUT2D eigenvalue weighted by atomic mass is 19.4. The Bertz CT molecular complexity index is 746. The van der Waals surface area contributed by atoms with Gasteiger partial charge in [-0.2, -0.15) is 18.3 Å². The largest absolute Gasteiger partial charge is 0.444 e. The SMILES string of the molecule is CC(C)(C)OC(=O)NCc1cc(C(F)(F)F)nn1-c1ccc(F)cc1. The third-order valence-electron chi connectivity index (χ3n) is 2.96. The van der Waals surface area contributed by atoms with Crippen LogP contribution in [0.2, 0.25) is 0 Å². The van der Waals surface area contributed by atoms with E-state index in [9.17, 15) is 22.4 Å². The van der Waals surface area contributed by atoms with E-state index in [4.69, 9.17) is 4.74 Å². The molecule has 0 fully saturated rings. The maximum Gasteiger partial charge on any atom is 0.435 e. The average molecular weight is 359 g/mol. The van der Waals surface area contributed by atoms with Gasteiger partial charge >= 0.3 is 12.3 Å². The maximum atomic E-state index is 13.0. The number of benzene rings is 1. The molecule has 0 aliphatic carbocycles. The number of rotatable bonds is 3. The molecule has 2 aromatic rings. The van der Waals surface area contributed by atoms with Gasteiger partial charge in [-0.3, -0.25) is 0 Å². The molecular weight excluding hydrogens is 342 g/mol. The second kappa shape index (κ2) is 6.73. The van der Waals surface area contributed by atoms with Crippen molar-refractivity contribution in [3.05, 3.63) is 47.5 Å². The number of aromatic nitrogens is 2. The summed E-state index contributed by atoms with van der Waals surface area (Å²) in [5, 5.41) is 5.89. The number of alkyl halides is 3. The predicted molar refractivity (Wildman–Crippen MR) is 81.6 cm³/mol. The number of ether oxygens (including phenoxy) is 1. The van der Waals surface area contributed by atoms with Gasteiger partial charge in [0.05, 0.1) is 17.9 Å². The lowest BCUT2D eigenvalue weighted by molar-refractivity contribution is -0.141. The summed E-state index contributed by atoms with van der Waals surface area (Å²) >= 11 is 0. The monoisotopic (exact) mass is 359 g/mol. The van der Waals surface area contributed by atoms with E-state index in [-0.39, 0.29) is 17.9 Å². The Morgan fingerprint density at radius 3 is 2.32 bits per heavy atom. The van der Waals surface area contributed by atoms with Crippen LogP contribution in [0.3, 0.4) is 0 Å². The van der Waals surface area contributed by atoms with Gasteiger partial charge in [0.1, 0.15) is 11.4 Å². The van der Waals surface area contributed by atoms with Crippen LogP contribution in [0.5, 0.6) is 0 Å². The quantitative estimate of drug-likeness (QED) is 0.841. The van der Waals surface area contributed by atoms with E-state index in [1.165, 1.54) is 12.1 Å². The van der Waals surface area contributed by atoms with Gasteiger partial charge in [-0.15, -0.1) is 0 Å². The van der Waals surface area contributed by atoms with Crippen molar-refractivity contribution >= 4 is 6.09 Å². The maximum absolute atomic E-state index is 13.0. The molecule has 25 heavy (non-hydrogen) atoms. The zero-order valence-electron chi connectivity index (χ0n) is 13.8. The molecule has 0 unspecified atom stereocenters. The highest BCUT2D eigenvalue weighted by Gasteiger charge is 2.35. The minimum absolute atomic E-state index is 0.0739. The number of hydrogen-bond donors (Lipinski definition) is 1. The van der Waals surface area contributed by atoms with Crippen molar-refractivity contribution in [2.45, 2.75) is 39.1 Å². The molecule has 2 rings (SSSR count). The molecule has 0 spiro atoms. The number of nitrogens with one attached hydrogen (secondary N) is 1. The fraction of sp³-hybridized carbons (Fsp3) is 0.375. The lowest BCUT2D eigenvalue weighted by Gasteiger charge is -2.19. The summed E-state index contributed by atoms with van der Waals surface area (Å²) in [5.41, 5.74) is -1.54. The first-order chi connectivity index (χ1) is 11.5. The molecular formula is C16H17F4N3O2. The number of amides is 1. The van der Waals surface area contributed by atoms with Crippen LogP contribution in [0, 0.1) is 5.82 Å². The van der Waals surface area contributed by atoms with Crippen LogP contribution in [0.1, 0.15) is 32.2 Å². The Kier molecular flexibility index (Phi) is 5.05. The molecule has 0 saturated carbocycles. The lowest BCUT2D eigenvalue weighted by Crippen LogP contribution is -2.32. The second-order valence-corrected chi connectivity index (χ2v) is 6.26. The molecule has 0 radical (unpaired) electrons. The first kappa shape index (κ1) is 18.8. The van der Waals surface area contributed by atoms with E-state index in [1.54, 1.807) is 20.8 Å². The standard InChI is InChI=1S/C16H17F4N3O2/c1-15(2,3)25-14(24)21-9-12-8-13(16(18,19)20)22-23(12)11-6-4-10(17)5-7-11/h4-8H,9H2,1-3H3,(H,21,24). The summed E-state index contributed by atoms with van der Waals surface area (Å²) < 4.78 is 57.9. The highest BCUT2D eigenvalue weighted by Crippen LogP contribution is 2.29. The van der Waals surface area contributed by atoms with Gasteiger partial charge in [-0.1, -0.05) is 0 Å². The van der Waals surface area contributed by atoms with Crippen molar-refractivity contribution in [3.8, 4) is 5.69 Å². The number of carbonyl (C=O) groups excluding carboxylic acids is 1. The van der Waals surface area contributed by atoms with E-state index in [1.807, 2.05) is 0 Å². The molecule has 1 aromatic heterocycles. The fourth-order valence-corrected chi connectivity index (χ4v) is 1.97. The number of hydrogen-bond acceptors (Lipinski definition) is 3. The number of nitrogens with zero attached hydrogens (tertiary/aromatic N) is 2. The van der Waals surface area contributed by atoms with E-state index >= 15 is 0 Å². The average Bonchev–Trinajstić information content (AvgIpc) is 2.88. The van der Waals surface area contributed by atoms with Crippen LogP contribution in [0.25, 0.3) is 5.69 Å². The minimum Gasteiger partial charge on any atom is -0.444 e. The molecule has 0 aliphatic rings. The molecule has 0 atom stereocenters. The summed E-state index contributed by atoms with van der Waals surface area (Å²) in [6.45, 7) is 4.75. The molecule has 0 saturated heterocycles. The van der Waals surface area contributed by atoms with E-state index in [2.05, 4.69) is 10.4 Å². The van der Waals surface area contributed by atoms with Crippen molar-refractivity contribution in [2.75, 3.05) is 0 Å². The van der Waals surface area contributed by atoms with Gasteiger partial charge < -0.3 is 10.1 Å². The summed E-state index contributed by atoms with van der Waals surface area (Å²) in [7, 11) is 0. The van der Waals surface area contributed by atoms with Crippen LogP contribution in [0.15, 0.2) is 30.3 Å². The molecule has 0 bridgehead atoms. The van der Waals surface area contributed by atoms with Crippen LogP contribution in [-0.2, 0) is 17.5 Å². The minimum atomic E-state index is -4.65. The lowest BCUT2D eigenvalue weighted by atomic mass is 10.2. The van der Waals surface area contributed by atoms with Gasteiger partial charge in [0.25, 0.3) is 0 Å². The van der Waals surface area contributed by atoms with Crippen LogP contribution >= 0.6 is 0 Å². The van der Waals surface area contributed by atoms with Crippen molar-refractivity contribution in [1.29, 1.82) is 0 Å². The molecule has 1 aromatic carbocycles. The Labute approximate surface area is 141 Å². The molecule has 9 heteroatoms. The Balaban J connectivity index is 2.27. The fourth-order valence-electron chi connectivity index (χ4n) is 1.97. The Morgan fingerprint density at radius 2 is 1.80 bits per heavy atom. The molecule has 0 aliphatic heterocycles. The Hall–Kier alpha value is -2.58.